The Morgan fingerprint density at radius 2 is 1.95 bits per heavy atom. The lowest BCUT2D eigenvalue weighted by Gasteiger charge is -2.17. The van der Waals surface area contributed by atoms with E-state index in [4.69, 9.17) is 5.73 Å². The van der Waals surface area contributed by atoms with Crippen LogP contribution in [0.4, 0.5) is 0 Å². The van der Waals surface area contributed by atoms with Crippen LogP contribution >= 0.6 is 11.3 Å². The summed E-state index contributed by atoms with van der Waals surface area (Å²) in [5.41, 5.74) is 6.22. The second-order valence-corrected chi connectivity index (χ2v) is 5.34. The number of rotatable bonds is 2. The highest BCUT2D eigenvalue weighted by atomic mass is 32.1. The molecule has 0 bridgehead atoms. The van der Waals surface area contributed by atoms with E-state index >= 15 is 0 Å². The molecule has 2 heterocycles. The van der Waals surface area contributed by atoms with E-state index < -0.39 is 0 Å². The molecule has 1 aliphatic rings. The first-order valence-corrected chi connectivity index (χ1v) is 7.19. The van der Waals surface area contributed by atoms with Gasteiger partial charge in [0, 0.05) is 23.3 Å². The van der Waals surface area contributed by atoms with Crippen LogP contribution in [-0.2, 0) is 16.1 Å². The largest absolute Gasteiger partial charge is 0.320 e. The van der Waals surface area contributed by atoms with Crippen LogP contribution in [0.1, 0.15) is 36.1 Å². The van der Waals surface area contributed by atoms with Crippen LogP contribution in [-0.4, -0.2) is 23.3 Å². The van der Waals surface area contributed by atoms with E-state index in [1.807, 2.05) is 11.4 Å². The molecule has 4 nitrogen and oxygen atoms in total. The molecular formula is C14H16N2O2S. The van der Waals surface area contributed by atoms with Crippen LogP contribution in [0, 0.1) is 11.8 Å². The van der Waals surface area contributed by atoms with Gasteiger partial charge >= 0.3 is 0 Å². The summed E-state index contributed by atoms with van der Waals surface area (Å²) in [6.45, 7) is 0.640. The predicted octanol–water partition coefficient (Wildman–Crippen LogP) is 1.49. The van der Waals surface area contributed by atoms with Gasteiger partial charge in [0.05, 0.1) is 13.1 Å². The second-order valence-electron chi connectivity index (χ2n) is 4.34. The summed E-state index contributed by atoms with van der Waals surface area (Å²) in [5, 5.41) is 1.92. The maximum Gasteiger partial charge on any atom is 0.229 e. The minimum Gasteiger partial charge on any atom is -0.320 e. The van der Waals surface area contributed by atoms with Crippen molar-refractivity contribution in [2.45, 2.75) is 32.2 Å². The Morgan fingerprint density at radius 3 is 2.58 bits per heavy atom. The molecular weight excluding hydrogens is 260 g/mol. The van der Waals surface area contributed by atoms with E-state index in [0.29, 0.717) is 25.9 Å². The highest BCUT2D eigenvalue weighted by Crippen LogP contribution is 2.21. The lowest BCUT2D eigenvalue weighted by atomic mass is 10.2. The van der Waals surface area contributed by atoms with E-state index in [1.54, 1.807) is 0 Å². The van der Waals surface area contributed by atoms with Crippen molar-refractivity contribution in [3.8, 4) is 11.8 Å². The van der Waals surface area contributed by atoms with Crippen LogP contribution < -0.4 is 5.73 Å². The third kappa shape index (κ3) is 3.43. The molecule has 19 heavy (non-hydrogen) atoms. The van der Waals surface area contributed by atoms with Crippen molar-refractivity contribution in [2.24, 2.45) is 5.73 Å². The van der Waals surface area contributed by atoms with Gasteiger partial charge in [0.15, 0.2) is 0 Å². The topological polar surface area (TPSA) is 63.4 Å². The maximum atomic E-state index is 11.9. The lowest BCUT2D eigenvalue weighted by Crippen LogP contribution is -2.34. The summed E-state index contributed by atoms with van der Waals surface area (Å²) < 4.78 is 0. The van der Waals surface area contributed by atoms with Gasteiger partial charge in [-0.3, -0.25) is 14.5 Å². The molecule has 5 heteroatoms. The molecule has 1 fully saturated rings. The van der Waals surface area contributed by atoms with E-state index in [1.165, 1.54) is 16.2 Å². The fourth-order valence-electron chi connectivity index (χ4n) is 2.00. The van der Waals surface area contributed by atoms with Crippen molar-refractivity contribution in [3.63, 3.8) is 0 Å². The number of hydrogen-bond acceptors (Lipinski definition) is 4. The molecule has 0 aliphatic carbocycles. The summed E-state index contributed by atoms with van der Waals surface area (Å²) in [4.78, 5) is 26.2. The number of carbonyl (C=O) groups excluding carboxylic acids is 2. The molecule has 1 aliphatic heterocycles. The first-order valence-electron chi connectivity index (χ1n) is 6.31. The van der Waals surface area contributed by atoms with Crippen molar-refractivity contribution in [2.75, 3.05) is 6.54 Å². The molecule has 2 rings (SSSR count). The number of thiophene rings is 1. The summed E-state index contributed by atoms with van der Waals surface area (Å²) in [7, 11) is 0. The molecule has 0 saturated carbocycles. The zero-order chi connectivity index (χ0) is 13.7. The van der Waals surface area contributed by atoms with E-state index in [-0.39, 0.29) is 11.8 Å². The highest BCUT2D eigenvalue weighted by Gasteiger charge is 2.24. The molecule has 1 aromatic rings. The Kier molecular flexibility index (Phi) is 4.72. The van der Waals surface area contributed by atoms with Gasteiger partial charge in [0.2, 0.25) is 11.8 Å². The summed E-state index contributed by atoms with van der Waals surface area (Å²) >= 11 is 1.52. The summed E-state index contributed by atoms with van der Waals surface area (Å²) in [5.74, 6) is 5.62. The Bertz CT molecular complexity index is 521. The van der Waals surface area contributed by atoms with Gasteiger partial charge in [0.1, 0.15) is 0 Å². The summed E-state index contributed by atoms with van der Waals surface area (Å²) in [6, 6.07) is 1.90. The zero-order valence-corrected chi connectivity index (χ0v) is 11.5. The minimum absolute atomic E-state index is 0.0753. The fraction of sp³-hybridized carbons (Fsp3) is 0.429. The zero-order valence-electron chi connectivity index (χ0n) is 10.6. The normalized spacial score (nSPS) is 15.9. The fourth-order valence-corrected chi connectivity index (χ4v) is 2.82. The SMILES string of the molecule is NCC#Cc1ccsc1CN1C(=O)CCCCC1=O. The summed E-state index contributed by atoms with van der Waals surface area (Å²) in [6.07, 6.45) is 2.51. The molecule has 1 saturated heterocycles. The molecule has 0 atom stereocenters. The second kappa shape index (κ2) is 6.50. The van der Waals surface area contributed by atoms with Crippen LogP contribution in [0.15, 0.2) is 11.4 Å². The first-order chi connectivity index (χ1) is 9.22. The molecule has 0 radical (unpaired) electrons. The molecule has 1 aromatic heterocycles. The van der Waals surface area contributed by atoms with Crippen molar-refractivity contribution in [1.82, 2.24) is 4.90 Å². The van der Waals surface area contributed by atoms with Crippen LogP contribution in [0.5, 0.6) is 0 Å². The Balaban J connectivity index is 2.17. The molecule has 2 N–H and O–H groups in total. The van der Waals surface area contributed by atoms with Crippen molar-refractivity contribution < 1.29 is 9.59 Å². The number of amides is 2. The number of imide groups is 1. The van der Waals surface area contributed by atoms with Crippen molar-refractivity contribution in [3.05, 3.63) is 21.9 Å². The minimum atomic E-state index is -0.0753. The molecule has 2 amide bonds. The number of carbonyl (C=O) groups is 2. The molecule has 0 aromatic carbocycles. The quantitative estimate of drug-likeness (QED) is 0.657. The maximum absolute atomic E-state index is 11.9. The standard InChI is InChI=1S/C14H16N2O2S/c15-8-3-4-11-7-9-19-12(11)10-16-13(17)5-1-2-6-14(16)18/h7,9H,1-2,5-6,8,10,15H2. The van der Waals surface area contributed by atoms with Crippen molar-refractivity contribution in [1.29, 1.82) is 0 Å². The van der Waals surface area contributed by atoms with Gasteiger partial charge in [-0.25, -0.2) is 0 Å². The Labute approximate surface area is 116 Å². The molecule has 0 unspecified atom stereocenters. The number of nitrogens with two attached hydrogens (primary N) is 1. The molecule has 100 valence electrons. The van der Waals surface area contributed by atoms with Gasteiger partial charge in [-0.2, -0.15) is 0 Å². The Hall–Kier alpha value is -1.64. The number of hydrogen-bond donors (Lipinski definition) is 1. The molecule has 0 spiro atoms. The Morgan fingerprint density at radius 1 is 1.26 bits per heavy atom. The third-order valence-corrected chi connectivity index (χ3v) is 3.91. The van der Waals surface area contributed by atoms with Gasteiger partial charge in [-0.15, -0.1) is 11.3 Å². The van der Waals surface area contributed by atoms with E-state index in [9.17, 15) is 9.59 Å². The number of nitrogens with zero attached hydrogens (tertiary/aromatic N) is 1. The van der Waals surface area contributed by atoms with Crippen molar-refractivity contribution >= 4 is 23.2 Å². The van der Waals surface area contributed by atoms with E-state index in [2.05, 4.69) is 11.8 Å². The average molecular weight is 276 g/mol. The van der Waals surface area contributed by atoms with Gasteiger partial charge in [-0.1, -0.05) is 11.8 Å². The lowest BCUT2D eigenvalue weighted by molar-refractivity contribution is -0.144. The van der Waals surface area contributed by atoms with Crippen LogP contribution in [0.3, 0.4) is 0 Å². The third-order valence-electron chi connectivity index (χ3n) is 3.01. The highest BCUT2D eigenvalue weighted by molar-refractivity contribution is 7.10. The smallest absolute Gasteiger partial charge is 0.229 e. The first kappa shape index (κ1) is 13.8. The number of likely N-dealkylation sites (tertiary alicyclic amines) is 1. The predicted molar refractivity (Wildman–Crippen MR) is 74.3 cm³/mol. The van der Waals surface area contributed by atoms with Gasteiger partial charge in [0.25, 0.3) is 0 Å². The average Bonchev–Trinajstić information content (AvgIpc) is 2.78. The van der Waals surface area contributed by atoms with Gasteiger partial charge < -0.3 is 5.73 Å². The van der Waals surface area contributed by atoms with Gasteiger partial charge in [-0.05, 0) is 24.3 Å². The van der Waals surface area contributed by atoms with Crippen LogP contribution in [0.2, 0.25) is 0 Å². The van der Waals surface area contributed by atoms with E-state index in [0.717, 1.165) is 23.3 Å². The monoisotopic (exact) mass is 276 g/mol. The van der Waals surface area contributed by atoms with Crippen LogP contribution in [0.25, 0.3) is 0 Å².